The smallest absolute Gasteiger partial charge is 0.193 e. The number of fused-ring (bicyclic) bond motifs is 1. The number of hydrogen-bond donors (Lipinski definition) is 1. The van der Waals surface area contributed by atoms with Crippen LogP contribution in [0.1, 0.15) is 0 Å². The van der Waals surface area contributed by atoms with Crippen molar-refractivity contribution in [2.45, 2.75) is 0 Å². The second-order valence-corrected chi connectivity index (χ2v) is 5.18. The molecule has 3 rings (SSSR count). The Hall–Kier alpha value is -2.63. The van der Waals surface area contributed by atoms with Crippen LogP contribution in [0.25, 0.3) is 22.3 Å². The molecular weight excluding hydrogens is 308 g/mol. The van der Waals surface area contributed by atoms with Crippen molar-refractivity contribution in [3.63, 3.8) is 0 Å². The zero-order chi connectivity index (χ0) is 16.8. The van der Waals surface area contributed by atoms with Crippen molar-refractivity contribution in [1.29, 1.82) is 0 Å². The van der Waals surface area contributed by atoms with Gasteiger partial charge in [0.25, 0.3) is 0 Å². The van der Waals surface area contributed by atoms with E-state index in [0.29, 0.717) is 35.7 Å². The molecule has 0 fully saturated rings. The van der Waals surface area contributed by atoms with E-state index in [1.165, 1.54) is 6.07 Å². The molecule has 0 radical (unpaired) electrons. The van der Waals surface area contributed by atoms with E-state index in [2.05, 4.69) is 0 Å². The van der Waals surface area contributed by atoms with E-state index in [-0.39, 0.29) is 18.6 Å². The number of hydrogen-bond acceptors (Lipinski definition) is 5. The maximum absolute atomic E-state index is 12.3. The Morgan fingerprint density at radius 2 is 1.79 bits per heavy atom. The summed E-state index contributed by atoms with van der Waals surface area (Å²) in [5, 5.41) is 9.15. The summed E-state index contributed by atoms with van der Waals surface area (Å²) in [5.74, 6) is 1.12. The van der Waals surface area contributed by atoms with E-state index >= 15 is 0 Å². The normalized spacial score (nSPS) is 10.9. The van der Waals surface area contributed by atoms with Crippen LogP contribution in [0.3, 0.4) is 0 Å². The second kappa shape index (κ2) is 7.77. The van der Waals surface area contributed by atoms with Gasteiger partial charge in [-0.1, -0.05) is 30.3 Å². The Morgan fingerprint density at radius 1 is 0.958 bits per heavy atom. The van der Waals surface area contributed by atoms with Crippen LogP contribution in [0.15, 0.2) is 63.8 Å². The van der Waals surface area contributed by atoms with E-state index < -0.39 is 0 Å². The Balaban J connectivity index is 1.84. The molecule has 3 aromatic rings. The number of aliphatic hydroxyl groups is 1. The minimum Gasteiger partial charge on any atom is -0.491 e. The van der Waals surface area contributed by atoms with Crippen LogP contribution in [-0.2, 0) is 4.74 Å². The van der Waals surface area contributed by atoms with E-state index in [9.17, 15) is 4.79 Å². The molecule has 0 aliphatic carbocycles. The number of benzene rings is 2. The van der Waals surface area contributed by atoms with Gasteiger partial charge in [0.05, 0.1) is 25.2 Å². The Morgan fingerprint density at radius 3 is 2.58 bits per heavy atom. The van der Waals surface area contributed by atoms with Crippen LogP contribution in [0.2, 0.25) is 0 Å². The molecule has 0 saturated carbocycles. The fourth-order valence-corrected chi connectivity index (χ4v) is 2.35. The molecular formula is C19H18O5. The largest absolute Gasteiger partial charge is 0.491 e. The van der Waals surface area contributed by atoms with Gasteiger partial charge in [-0.3, -0.25) is 4.79 Å². The molecule has 124 valence electrons. The van der Waals surface area contributed by atoms with Gasteiger partial charge in [0.2, 0.25) is 0 Å². The summed E-state index contributed by atoms with van der Waals surface area (Å²) in [4.78, 5) is 12.3. The summed E-state index contributed by atoms with van der Waals surface area (Å²) in [6, 6.07) is 16.1. The third-order valence-electron chi connectivity index (χ3n) is 3.49. The lowest BCUT2D eigenvalue weighted by atomic mass is 10.1. The molecule has 0 saturated heterocycles. The van der Waals surface area contributed by atoms with E-state index in [1.54, 1.807) is 18.2 Å². The molecule has 1 N–H and O–H groups in total. The van der Waals surface area contributed by atoms with Gasteiger partial charge in [-0.05, 0) is 12.1 Å². The Kier molecular flexibility index (Phi) is 5.25. The lowest BCUT2D eigenvalue weighted by Crippen LogP contribution is -2.09. The van der Waals surface area contributed by atoms with Crippen LogP contribution >= 0.6 is 0 Å². The molecule has 24 heavy (non-hydrogen) atoms. The first-order valence-electron chi connectivity index (χ1n) is 7.72. The molecule has 0 aliphatic rings. The predicted molar refractivity (Wildman–Crippen MR) is 91.3 cm³/mol. The van der Waals surface area contributed by atoms with E-state index in [0.717, 1.165) is 5.56 Å². The highest BCUT2D eigenvalue weighted by atomic mass is 16.5. The summed E-state index contributed by atoms with van der Waals surface area (Å²) in [7, 11) is 0. The van der Waals surface area contributed by atoms with Crippen LogP contribution in [0, 0.1) is 0 Å². The number of aliphatic hydroxyl groups excluding tert-OH is 1. The minimum absolute atomic E-state index is 0.0105. The molecule has 5 heteroatoms. The fourth-order valence-electron chi connectivity index (χ4n) is 2.35. The highest BCUT2D eigenvalue weighted by molar-refractivity contribution is 5.80. The van der Waals surface area contributed by atoms with Gasteiger partial charge in [-0.25, -0.2) is 0 Å². The van der Waals surface area contributed by atoms with Crippen molar-refractivity contribution in [1.82, 2.24) is 0 Å². The molecule has 1 heterocycles. The zero-order valence-electron chi connectivity index (χ0n) is 13.1. The van der Waals surface area contributed by atoms with Gasteiger partial charge in [0, 0.05) is 17.7 Å². The van der Waals surface area contributed by atoms with Crippen molar-refractivity contribution in [2.24, 2.45) is 0 Å². The van der Waals surface area contributed by atoms with Crippen LogP contribution in [0.5, 0.6) is 5.75 Å². The Labute approximate surface area is 139 Å². The summed E-state index contributed by atoms with van der Waals surface area (Å²) in [5.41, 5.74) is 1.24. The second-order valence-electron chi connectivity index (χ2n) is 5.18. The topological polar surface area (TPSA) is 68.9 Å². The first kappa shape index (κ1) is 16.2. The lowest BCUT2D eigenvalue weighted by Gasteiger charge is -2.08. The van der Waals surface area contributed by atoms with Gasteiger partial charge in [-0.15, -0.1) is 0 Å². The van der Waals surface area contributed by atoms with Crippen LogP contribution in [0.4, 0.5) is 0 Å². The Bertz CT molecular complexity index is 855. The van der Waals surface area contributed by atoms with Gasteiger partial charge in [0.15, 0.2) is 5.43 Å². The molecule has 2 aromatic carbocycles. The summed E-state index contributed by atoms with van der Waals surface area (Å²) < 4.78 is 16.6. The first-order valence-corrected chi connectivity index (χ1v) is 7.72. The lowest BCUT2D eigenvalue weighted by molar-refractivity contribution is 0.0705. The molecule has 0 amide bonds. The SMILES string of the molecule is O=c1cc(-c2ccccc2)oc2cc(OCCOCCO)ccc12. The van der Waals surface area contributed by atoms with Gasteiger partial charge < -0.3 is 19.0 Å². The van der Waals surface area contributed by atoms with Gasteiger partial charge in [0.1, 0.15) is 23.7 Å². The quantitative estimate of drug-likeness (QED) is 0.676. The van der Waals surface area contributed by atoms with Gasteiger partial charge in [-0.2, -0.15) is 0 Å². The van der Waals surface area contributed by atoms with Gasteiger partial charge >= 0.3 is 0 Å². The molecule has 5 nitrogen and oxygen atoms in total. The van der Waals surface area contributed by atoms with Crippen molar-refractivity contribution in [3.8, 4) is 17.1 Å². The van der Waals surface area contributed by atoms with Crippen molar-refractivity contribution >= 4 is 11.0 Å². The number of ether oxygens (including phenoxy) is 2. The standard InChI is InChI=1S/C19H18O5/c20-8-9-22-10-11-23-15-6-7-16-17(21)13-18(24-19(16)12-15)14-4-2-1-3-5-14/h1-7,12-13,20H,8-11H2. The summed E-state index contributed by atoms with van der Waals surface area (Å²) >= 11 is 0. The molecule has 0 unspecified atom stereocenters. The monoisotopic (exact) mass is 326 g/mol. The van der Waals surface area contributed by atoms with E-state index in [1.807, 2.05) is 30.3 Å². The molecule has 0 atom stereocenters. The third-order valence-corrected chi connectivity index (χ3v) is 3.49. The number of rotatable bonds is 7. The highest BCUT2D eigenvalue weighted by Crippen LogP contribution is 2.24. The molecule has 0 spiro atoms. The molecule has 0 bridgehead atoms. The van der Waals surface area contributed by atoms with Crippen molar-refractivity contribution < 1.29 is 19.0 Å². The average molecular weight is 326 g/mol. The highest BCUT2D eigenvalue weighted by Gasteiger charge is 2.08. The summed E-state index contributed by atoms with van der Waals surface area (Å²) in [6.45, 7) is 1.01. The maximum Gasteiger partial charge on any atom is 0.193 e. The predicted octanol–water partition coefficient (Wildman–Crippen LogP) is 2.85. The fraction of sp³-hybridized carbons (Fsp3) is 0.211. The minimum atomic E-state index is -0.0899. The third kappa shape index (κ3) is 3.82. The molecule has 1 aromatic heterocycles. The van der Waals surface area contributed by atoms with Crippen molar-refractivity contribution in [3.05, 3.63) is 64.8 Å². The van der Waals surface area contributed by atoms with Crippen LogP contribution < -0.4 is 10.2 Å². The van der Waals surface area contributed by atoms with E-state index in [4.69, 9.17) is 19.0 Å². The maximum atomic E-state index is 12.3. The zero-order valence-corrected chi connectivity index (χ0v) is 13.1. The first-order chi connectivity index (χ1) is 11.8. The molecule has 0 aliphatic heterocycles. The van der Waals surface area contributed by atoms with Crippen LogP contribution in [-0.4, -0.2) is 31.5 Å². The summed E-state index contributed by atoms with van der Waals surface area (Å²) in [6.07, 6.45) is 0. The average Bonchev–Trinajstić information content (AvgIpc) is 2.62. The van der Waals surface area contributed by atoms with Crippen molar-refractivity contribution in [2.75, 3.05) is 26.4 Å².